The summed E-state index contributed by atoms with van der Waals surface area (Å²) in [6.45, 7) is 5.10. The van der Waals surface area contributed by atoms with Crippen LogP contribution in [0.1, 0.15) is 25.3 Å². The zero-order chi connectivity index (χ0) is 19.1. The van der Waals surface area contributed by atoms with E-state index in [1.54, 1.807) is 6.07 Å². The van der Waals surface area contributed by atoms with Gasteiger partial charge < -0.3 is 20.6 Å². The van der Waals surface area contributed by atoms with Gasteiger partial charge in [0, 0.05) is 31.4 Å². The first-order valence-electron chi connectivity index (χ1n) is 9.48. The number of hydrogen-bond acceptors (Lipinski definition) is 3. The Kier molecular flexibility index (Phi) is 8.82. The molecule has 0 spiro atoms. The maximum atomic E-state index is 13.5. The van der Waals surface area contributed by atoms with Gasteiger partial charge in [-0.2, -0.15) is 0 Å². The van der Waals surface area contributed by atoms with Gasteiger partial charge in [0.2, 0.25) is 0 Å². The summed E-state index contributed by atoms with van der Waals surface area (Å²) < 4.78 is 13.5. The van der Waals surface area contributed by atoms with Crippen LogP contribution in [0.2, 0.25) is 0 Å². The van der Waals surface area contributed by atoms with Crippen molar-refractivity contribution >= 4 is 35.6 Å². The number of aliphatic imine (C=N–C) groups is 1. The summed E-state index contributed by atoms with van der Waals surface area (Å²) in [7, 11) is 0. The van der Waals surface area contributed by atoms with Gasteiger partial charge in [0.1, 0.15) is 0 Å². The van der Waals surface area contributed by atoms with Gasteiger partial charge in [-0.15, -0.1) is 24.0 Å². The molecule has 1 saturated heterocycles. The Balaban J connectivity index is 0.00000280. The number of aromatic hydroxyl groups is 1. The third kappa shape index (κ3) is 6.25. The number of guanidine groups is 1. The molecule has 1 aliphatic rings. The molecule has 0 aliphatic carbocycles. The number of phenols is 1. The SMILES string of the molecule is CCNC(=NCc1ccc(O)c(F)c1)NC1CCCN(c2ccccc2)C1.I. The van der Waals surface area contributed by atoms with Crippen LogP contribution in [-0.2, 0) is 6.54 Å². The van der Waals surface area contributed by atoms with Crippen LogP contribution in [0.15, 0.2) is 53.5 Å². The lowest BCUT2D eigenvalue weighted by molar-refractivity contribution is 0.432. The number of rotatable bonds is 5. The van der Waals surface area contributed by atoms with Gasteiger partial charge in [0.05, 0.1) is 6.54 Å². The van der Waals surface area contributed by atoms with Crippen molar-refractivity contribution in [1.29, 1.82) is 0 Å². The predicted octanol–water partition coefficient (Wildman–Crippen LogP) is 3.87. The molecule has 1 aliphatic heterocycles. The lowest BCUT2D eigenvalue weighted by atomic mass is 10.1. The third-order valence-electron chi connectivity index (χ3n) is 4.66. The molecule has 7 heteroatoms. The van der Waals surface area contributed by atoms with Crippen LogP contribution in [-0.4, -0.2) is 36.7 Å². The summed E-state index contributed by atoms with van der Waals surface area (Å²) in [5.41, 5.74) is 1.96. The topological polar surface area (TPSA) is 59.9 Å². The van der Waals surface area contributed by atoms with E-state index in [1.165, 1.54) is 17.8 Å². The summed E-state index contributed by atoms with van der Waals surface area (Å²) in [5.74, 6) is -0.228. The van der Waals surface area contributed by atoms with Crippen molar-refractivity contribution in [3.05, 3.63) is 59.9 Å². The van der Waals surface area contributed by atoms with Gasteiger partial charge in [-0.3, -0.25) is 0 Å². The fourth-order valence-corrected chi connectivity index (χ4v) is 3.30. The first-order valence-corrected chi connectivity index (χ1v) is 9.48. The molecule has 3 N–H and O–H groups in total. The maximum Gasteiger partial charge on any atom is 0.191 e. The number of hydrogen-bond donors (Lipinski definition) is 3. The molecular weight excluding hydrogens is 470 g/mol. The van der Waals surface area contributed by atoms with Gasteiger partial charge in [-0.1, -0.05) is 24.3 Å². The molecule has 28 heavy (non-hydrogen) atoms. The first-order chi connectivity index (χ1) is 13.2. The molecule has 152 valence electrons. The highest BCUT2D eigenvalue weighted by Gasteiger charge is 2.20. The van der Waals surface area contributed by atoms with Crippen LogP contribution in [0.3, 0.4) is 0 Å². The van der Waals surface area contributed by atoms with E-state index < -0.39 is 5.82 Å². The summed E-state index contributed by atoms with van der Waals surface area (Å²) in [6, 6.07) is 15.1. The number of anilines is 1. The van der Waals surface area contributed by atoms with Crippen molar-refractivity contribution in [2.24, 2.45) is 4.99 Å². The van der Waals surface area contributed by atoms with E-state index in [2.05, 4.69) is 44.8 Å². The molecule has 0 bridgehead atoms. The summed E-state index contributed by atoms with van der Waals surface area (Å²) >= 11 is 0. The molecule has 0 amide bonds. The van der Waals surface area contributed by atoms with Crippen LogP contribution < -0.4 is 15.5 Å². The van der Waals surface area contributed by atoms with Crippen LogP contribution in [0.4, 0.5) is 10.1 Å². The number of halogens is 2. The van der Waals surface area contributed by atoms with E-state index in [9.17, 15) is 9.50 Å². The third-order valence-corrected chi connectivity index (χ3v) is 4.66. The summed E-state index contributed by atoms with van der Waals surface area (Å²) in [5, 5.41) is 16.1. The van der Waals surface area contributed by atoms with Crippen molar-refractivity contribution in [1.82, 2.24) is 10.6 Å². The quantitative estimate of drug-likeness (QED) is 0.333. The number of nitrogens with zero attached hydrogens (tertiary/aromatic N) is 2. The summed E-state index contributed by atoms with van der Waals surface area (Å²) in [4.78, 5) is 6.96. The second-order valence-electron chi connectivity index (χ2n) is 6.75. The maximum absolute atomic E-state index is 13.5. The molecule has 1 atom stereocenters. The van der Waals surface area contributed by atoms with E-state index in [0.717, 1.165) is 44.0 Å². The van der Waals surface area contributed by atoms with Gasteiger partial charge in [0.15, 0.2) is 17.5 Å². The summed E-state index contributed by atoms with van der Waals surface area (Å²) in [6.07, 6.45) is 2.21. The minimum absolute atomic E-state index is 0. The fraction of sp³-hybridized carbons (Fsp3) is 0.381. The first kappa shape index (κ1) is 22.3. The van der Waals surface area contributed by atoms with Crippen LogP contribution in [0, 0.1) is 5.82 Å². The van der Waals surface area contributed by atoms with E-state index >= 15 is 0 Å². The molecule has 5 nitrogen and oxygen atoms in total. The average molecular weight is 498 g/mol. The molecule has 1 heterocycles. The Morgan fingerprint density at radius 2 is 2.04 bits per heavy atom. The molecule has 1 fully saturated rings. The Bertz CT molecular complexity index is 772. The normalized spacial score (nSPS) is 17.0. The highest BCUT2D eigenvalue weighted by Crippen LogP contribution is 2.19. The number of phenolic OH excluding ortho intramolecular Hbond substituents is 1. The number of para-hydroxylation sites is 1. The molecule has 2 aromatic rings. The second-order valence-corrected chi connectivity index (χ2v) is 6.75. The van der Waals surface area contributed by atoms with Gasteiger partial charge >= 0.3 is 0 Å². The molecule has 2 aromatic carbocycles. The van der Waals surface area contributed by atoms with Gasteiger partial charge in [-0.25, -0.2) is 9.38 Å². The van der Waals surface area contributed by atoms with Crippen LogP contribution in [0.5, 0.6) is 5.75 Å². The number of piperidine rings is 1. The number of nitrogens with one attached hydrogen (secondary N) is 2. The fourth-order valence-electron chi connectivity index (χ4n) is 3.30. The van der Waals surface area contributed by atoms with Crippen molar-refractivity contribution in [3.8, 4) is 5.75 Å². The van der Waals surface area contributed by atoms with E-state index in [-0.39, 0.29) is 29.7 Å². The minimum atomic E-state index is -0.619. The highest BCUT2D eigenvalue weighted by molar-refractivity contribution is 14.0. The zero-order valence-corrected chi connectivity index (χ0v) is 18.4. The van der Waals surface area contributed by atoms with E-state index in [1.807, 2.05) is 13.0 Å². The Morgan fingerprint density at radius 1 is 1.25 bits per heavy atom. The molecule has 1 unspecified atom stereocenters. The van der Waals surface area contributed by atoms with Crippen molar-refractivity contribution in [2.75, 3.05) is 24.5 Å². The van der Waals surface area contributed by atoms with Crippen molar-refractivity contribution < 1.29 is 9.50 Å². The van der Waals surface area contributed by atoms with E-state index in [0.29, 0.717) is 12.6 Å². The average Bonchev–Trinajstić information content (AvgIpc) is 2.70. The molecule has 0 aromatic heterocycles. The van der Waals surface area contributed by atoms with E-state index in [4.69, 9.17) is 0 Å². The molecular formula is C21H28FIN4O. The predicted molar refractivity (Wildman–Crippen MR) is 123 cm³/mol. The molecule has 0 radical (unpaired) electrons. The van der Waals surface area contributed by atoms with Crippen LogP contribution >= 0.6 is 24.0 Å². The lowest BCUT2D eigenvalue weighted by Crippen LogP contribution is -2.51. The standard InChI is InChI=1S/C21H27FN4O.HI/c1-2-23-21(24-14-16-10-11-20(27)19(22)13-16)25-17-7-6-12-26(15-17)18-8-4-3-5-9-18;/h3-5,8-11,13,17,27H,2,6-7,12,14-15H2,1H3,(H2,23,24,25);1H. The van der Waals surface area contributed by atoms with Gasteiger partial charge in [-0.05, 0) is 49.6 Å². The smallest absolute Gasteiger partial charge is 0.191 e. The van der Waals surface area contributed by atoms with Crippen molar-refractivity contribution in [2.45, 2.75) is 32.4 Å². The monoisotopic (exact) mass is 498 g/mol. The van der Waals surface area contributed by atoms with Gasteiger partial charge in [0.25, 0.3) is 0 Å². The minimum Gasteiger partial charge on any atom is -0.505 e. The Hall–Kier alpha value is -2.03. The Labute approximate surface area is 183 Å². The van der Waals surface area contributed by atoms with Crippen LogP contribution in [0.25, 0.3) is 0 Å². The number of benzene rings is 2. The van der Waals surface area contributed by atoms with Crippen molar-refractivity contribution in [3.63, 3.8) is 0 Å². The Morgan fingerprint density at radius 3 is 2.75 bits per heavy atom. The molecule has 0 saturated carbocycles. The second kappa shape index (κ2) is 11.1. The molecule has 3 rings (SSSR count). The largest absolute Gasteiger partial charge is 0.505 e. The zero-order valence-electron chi connectivity index (χ0n) is 16.1. The highest BCUT2D eigenvalue weighted by atomic mass is 127. The lowest BCUT2D eigenvalue weighted by Gasteiger charge is -2.35.